The third kappa shape index (κ3) is 5.45. The minimum absolute atomic E-state index is 0.0207. The van der Waals surface area contributed by atoms with Crippen LogP contribution in [0.5, 0.6) is 11.5 Å². The van der Waals surface area contributed by atoms with Crippen molar-refractivity contribution >= 4 is 22.7 Å². The molecule has 0 saturated heterocycles. The molecular weight excluding hydrogens is 506 g/mol. The topological polar surface area (TPSA) is 89.2 Å². The van der Waals surface area contributed by atoms with Gasteiger partial charge < -0.3 is 23.9 Å². The summed E-state index contributed by atoms with van der Waals surface area (Å²) in [5.41, 5.74) is 2.19. The van der Waals surface area contributed by atoms with Gasteiger partial charge in [-0.25, -0.2) is 0 Å². The van der Waals surface area contributed by atoms with E-state index in [0.717, 1.165) is 17.4 Å². The minimum Gasteiger partial charge on any atom is -0.503 e. The fourth-order valence-corrected chi connectivity index (χ4v) is 4.96. The van der Waals surface area contributed by atoms with Gasteiger partial charge in [-0.05, 0) is 54.2 Å². The van der Waals surface area contributed by atoms with Gasteiger partial charge >= 0.3 is 0 Å². The van der Waals surface area contributed by atoms with E-state index >= 15 is 0 Å². The standard InChI is InChI=1S/C33H33NO6/c1-21(2)16-18-39-26-14-13-24(20-27(26)38-3)30-29(31(35)28-19-23-11-7-8-12-25(23)40-28)32(36)33(37)34(30)17-15-22-9-5-4-6-10-22/h4-14,19-21,30,36H,15-18H2,1-3H3. The second-order valence-electron chi connectivity index (χ2n) is 10.3. The van der Waals surface area contributed by atoms with Crippen LogP contribution >= 0.6 is 0 Å². The largest absolute Gasteiger partial charge is 0.503 e. The van der Waals surface area contributed by atoms with Crippen LogP contribution in [-0.2, 0) is 11.2 Å². The van der Waals surface area contributed by atoms with Crippen LogP contribution in [0.3, 0.4) is 0 Å². The summed E-state index contributed by atoms with van der Waals surface area (Å²) in [5.74, 6) is -0.0927. The SMILES string of the molecule is COc1cc(C2C(C(=O)c3cc4ccccc4o3)=C(O)C(=O)N2CCc2ccccc2)ccc1OCCC(C)C. The Hall–Kier alpha value is -4.52. The van der Waals surface area contributed by atoms with Crippen LogP contribution in [-0.4, -0.2) is 42.0 Å². The first kappa shape index (κ1) is 27.1. The van der Waals surface area contributed by atoms with Gasteiger partial charge in [-0.1, -0.05) is 68.4 Å². The number of amides is 1. The summed E-state index contributed by atoms with van der Waals surface area (Å²) < 4.78 is 17.4. The molecule has 1 aromatic heterocycles. The van der Waals surface area contributed by atoms with Crippen LogP contribution in [0.1, 0.15) is 48.0 Å². The van der Waals surface area contributed by atoms with Crippen molar-refractivity contribution in [2.45, 2.75) is 32.7 Å². The van der Waals surface area contributed by atoms with Gasteiger partial charge in [-0.2, -0.15) is 0 Å². The summed E-state index contributed by atoms with van der Waals surface area (Å²) in [6.07, 6.45) is 1.44. The maximum absolute atomic E-state index is 13.9. The number of furan rings is 1. The van der Waals surface area contributed by atoms with E-state index in [2.05, 4.69) is 13.8 Å². The molecule has 0 fully saturated rings. The lowest BCUT2D eigenvalue weighted by molar-refractivity contribution is -0.129. The number of benzene rings is 3. The third-order valence-electron chi connectivity index (χ3n) is 7.14. The highest BCUT2D eigenvalue weighted by atomic mass is 16.5. The first-order valence-electron chi connectivity index (χ1n) is 13.5. The van der Waals surface area contributed by atoms with Gasteiger partial charge in [-0.3, -0.25) is 9.59 Å². The van der Waals surface area contributed by atoms with Crippen molar-refractivity contribution in [2.75, 3.05) is 20.3 Å². The predicted octanol–water partition coefficient (Wildman–Crippen LogP) is 6.69. The van der Waals surface area contributed by atoms with E-state index in [9.17, 15) is 14.7 Å². The van der Waals surface area contributed by atoms with Crippen LogP contribution < -0.4 is 9.47 Å². The maximum atomic E-state index is 13.9. The van der Waals surface area contributed by atoms with Crippen molar-refractivity contribution in [2.24, 2.45) is 5.92 Å². The highest BCUT2D eigenvalue weighted by Crippen LogP contribution is 2.42. The number of hydrogen-bond acceptors (Lipinski definition) is 6. The van der Waals surface area contributed by atoms with Gasteiger partial charge in [0.2, 0.25) is 5.78 Å². The summed E-state index contributed by atoms with van der Waals surface area (Å²) >= 11 is 0. The number of carbonyl (C=O) groups is 2. The zero-order valence-electron chi connectivity index (χ0n) is 22.9. The zero-order chi connectivity index (χ0) is 28.2. The van der Waals surface area contributed by atoms with Gasteiger partial charge in [0, 0.05) is 11.9 Å². The van der Waals surface area contributed by atoms with Crippen molar-refractivity contribution in [3.63, 3.8) is 0 Å². The lowest BCUT2D eigenvalue weighted by Gasteiger charge is -2.27. The van der Waals surface area contributed by atoms with Gasteiger partial charge in [0.05, 0.1) is 25.3 Å². The Labute approximate surface area is 233 Å². The first-order valence-corrected chi connectivity index (χ1v) is 13.5. The van der Waals surface area contributed by atoms with E-state index in [1.807, 2.05) is 54.6 Å². The Bertz CT molecular complexity index is 1520. The van der Waals surface area contributed by atoms with Crippen molar-refractivity contribution < 1.29 is 28.6 Å². The number of nitrogens with zero attached hydrogens (tertiary/aromatic N) is 1. The second kappa shape index (κ2) is 11.7. The van der Waals surface area contributed by atoms with Crippen LogP contribution in [0.4, 0.5) is 0 Å². The van der Waals surface area contributed by atoms with Crippen molar-refractivity contribution in [3.8, 4) is 11.5 Å². The number of aliphatic hydroxyl groups excluding tert-OH is 1. The molecule has 0 bridgehead atoms. The highest BCUT2D eigenvalue weighted by Gasteiger charge is 2.44. The van der Waals surface area contributed by atoms with Crippen LogP contribution in [0.15, 0.2) is 94.6 Å². The predicted molar refractivity (Wildman–Crippen MR) is 153 cm³/mol. The van der Waals surface area contributed by atoms with Crippen molar-refractivity contribution in [1.82, 2.24) is 4.90 Å². The first-order chi connectivity index (χ1) is 19.4. The minimum atomic E-state index is -0.837. The summed E-state index contributed by atoms with van der Waals surface area (Å²) in [5, 5.41) is 11.8. The maximum Gasteiger partial charge on any atom is 0.290 e. The number of ether oxygens (including phenoxy) is 2. The molecule has 4 aromatic rings. The summed E-state index contributed by atoms with van der Waals surface area (Å²) in [4.78, 5) is 28.8. The summed E-state index contributed by atoms with van der Waals surface area (Å²) in [6, 6.07) is 23.2. The molecule has 1 atom stereocenters. The van der Waals surface area contributed by atoms with E-state index in [4.69, 9.17) is 13.9 Å². The van der Waals surface area contributed by atoms with Gasteiger partial charge in [0.1, 0.15) is 5.58 Å². The van der Waals surface area contributed by atoms with Crippen LogP contribution in [0.2, 0.25) is 0 Å². The molecule has 206 valence electrons. The van der Waals surface area contributed by atoms with Gasteiger partial charge in [0.15, 0.2) is 23.0 Å². The summed E-state index contributed by atoms with van der Waals surface area (Å²) in [7, 11) is 1.55. The molecule has 7 nitrogen and oxygen atoms in total. The monoisotopic (exact) mass is 539 g/mol. The third-order valence-corrected chi connectivity index (χ3v) is 7.14. The number of aliphatic hydroxyl groups is 1. The molecule has 0 radical (unpaired) electrons. The number of Topliss-reactive ketones (excluding diaryl/α,β-unsaturated/α-hetero) is 1. The van der Waals surface area contributed by atoms with Crippen molar-refractivity contribution in [1.29, 1.82) is 0 Å². The molecule has 3 aromatic carbocycles. The molecule has 1 aliphatic heterocycles. The van der Waals surface area contributed by atoms with E-state index in [1.165, 1.54) is 4.90 Å². The number of fused-ring (bicyclic) bond motifs is 1. The fraction of sp³-hybridized carbons (Fsp3) is 0.273. The second-order valence-corrected chi connectivity index (χ2v) is 10.3. The molecule has 0 saturated carbocycles. The van der Waals surface area contributed by atoms with Crippen LogP contribution in [0, 0.1) is 5.92 Å². The van der Waals surface area contributed by atoms with E-state index < -0.39 is 23.5 Å². The summed E-state index contributed by atoms with van der Waals surface area (Å²) in [6.45, 7) is 5.09. The lowest BCUT2D eigenvalue weighted by Crippen LogP contribution is -2.33. The molecule has 0 aliphatic carbocycles. The number of methoxy groups -OCH3 is 1. The van der Waals surface area contributed by atoms with Gasteiger partial charge in [-0.15, -0.1) is 0 Å². The average molecular weight is 540 g/mol. The fourth-order valence-electron chi connectivity index (χ4n) is 4.96. The molecule has 1 amide bonds. The Balaban J connectivity index is 1.52. The molecule has 40 heavy (non-hydrogen) atoms. The number of para-hydroxylation sites is 1. The van der Waals surface area contributed by atoms with Crippen molar-refractivity contribution in [3.05, 3.63) is 107 Å². The number of ketones is 1. The number of rotatable bonds is 11. The molecule has 0 spiro atoms. The normalized spacial score (nSPS) is 15.3. The van der Waals surface area contributed by atoms with Crippen LogP contribution in [0.25, 0.3) is 11.0 Å². The Morgan fingerprint density at radius 3 is 2.48 bits per heavy atom. The van der Waals surface area contributed by atoms with Gasteiger partial charge in [0.25, 0.3) is 5.91 Å². The molecule has 1 aliphatic rings. The molecule has 7 heteroatoms. The van der Waals surface area contributed by atoms with E-state index in [1.54, 1.807) is 31.4 Å². The number of hydrogen-bond donors (Lipinski definition) is 1. The highest BCUT2D eigenvalue weighted by molar-refractivity contribution is 6.16. The smallest absolute Gasteiger partial charge is 0.290 e. The van der Waals surface area contributed by atoms with E-state index in [0.29, 0.717) is 48.1 Å². The average Bonchev–Trinajstić information content (AvgIpc) is 3.51. The molecule has 5 rings (SSSR count). The molecule has 1 unspecified atom stereocenters. The Morgan fingerprint density at radius 1 is 1.00 bits per heavy atom. The Morgan fingerprint density at radius 2 is 1.75 bits per heavy atom. The quantitative estimate of drug-likeness (QED) is 0.214. The molecular formula is C33H33NO6. The Kier molecular flexibility index (Phi) is 7.91. The lowest BCUT2D eigenvalue weighted by atomic mass is 9.94. The molecule has 1 N–H and O–H groups in total. The zero-order valence-corrected chi connectivity index (χ0v) is 22.9. The molecule has 2 heterocycles. The van der Waals surface area contributed by atoms with E-state index in [-0.39, 0.29) is 11.3 Å². The number of carbonyl (C=O) groups excluding carboxylic acids is 2.